The summed E-state index contributed by atoms with van der Waals surface area (Å²) in [5.41, 5.74) is 3.48. The summed E-state index contributed by atoms with van der Waals surface area (Å²) in [5.74, 6) is 1.39. The minimum Gasteiger partial charge on any atom is -0.493 e. The van der Waals surface area contributed by atoms with Crippen molar-refractivity contribution in [2.24, 2.45) is 0 Å². The van der Waals surface area contributed by atoms with Crippen molar-refractivity contribution in [3.8, 4) is 29.0 Å². The molecular formula is C22H16FN3O2. The summed E-state index contributed by atoms with van der Waals surface area (Å²) in [4.78, 5) is 7.60. The van der Waals surface area contributed by atoms with E-state index in [0.717, 1.165) is 11.1 Å². The lowest BCUT2D eigenvalue weighted by molar-refractivity contribution is 0.284. The Morgan fingerprint density at radius 1 is 1.07 bits per heavy atom. The van der Waals surface area contributed by atoms with E-state index in [-0.39, 0.29) is 12.4 Å². The van der Waals surface area contributed by atoms with Gasteiger partial charge in [0.25, 0.3) is 0 Å². The Morgan fingerprint density at radius 3 is 2.75 bits per heavy atom. The van der Waals surface area contributed by atoms with Crippen molar-refractivity contribution < 1.29 is 13.9 Å². The number of nitriles is 1. The van der Waals surface area contributed by atoms with Crippen LogP contribution in [0.4, 0.5) is 4.39 Å². The number of ether oxygens (including phenoxy) is 2. The molecule has 0 unspecified atom stereocenters. The molecule has 4 aromatic rings. The number of H-pyrrole nitrogens is 1. The second kappa shape index (κ2) is 7.41. The Morgan fingerprint density at radius 2 is 1.93 bits per heavy atom. The van der Waals surface area contributed by atoms with E-state index in [1.165, 1.54) is 12.1 Å². The zero-order valence-corrected chi connectivity index (χ0v) is 15.1. The van der Waals surface area contributed by atoms with E-state index in [4.69, 9.17) is 9.47 Å². The number of halogens is 1. The number of fused-ring (bicyclic) bond motifs is 1. The maximum absolute atomic E-state index is 13.4. The molecule has 0 radical (unpaired) electrons. The molecule has 5 nitrogen and oxygen atoms in total. The van der Waals surface area contributed by atoms with Crippen molar-refractivity contribution in [3.63, 3.8) is 0 Å². The maximum atomic E-state index is 13.4. The highest BCUT2D eigenvalue weighted by atomic mass is 19.1. The molecule has 1 N–H and O–H groups in total. The number of aromatic nitrogens is 2. The first-order valence-electron chi connectivity index (χ1n) is 8.62. The van der Waals surface area contributed by atoms with E-state index in [0.29, 0.717) is 33.9 Å². The molecule has 0 spiro atoms. The Labute approximate surface area is 161 Å². The van der Waals surface area contributed by atoms with Crippen LogP contribution in [0.2, 0.25) is 0 Å². The van der Waals surface area contributed by atoms with Gasteiger partial charge >= 0.3 is 0 Å². The zero-order chi connectivity index (χ0) is 19.5. The highest BCUT2D eigenvalue weighted by Crippen LogP contribution is 2.33. The molecule has 0 saturated heterocycles. The number of rotatable bonds is 5. The predicted molar refractivity (Wildman–Crippen MR) is 104 cm³/mol. The van der Waals surface area contributed by atoms with Crippen molar-refractivity contribution >= 4 is 11.0 Å². The Bertz CT molecular complexity index is 1190. The van der Waals surface area contributed by atoms with Crippen LogP contribution < -0.4 is 9.47 Å². The molecule has 28 heavy (non-hydrogen) atoms. The fraction of sp³-hybridized carbons (Fsp3) is 0.0909. The van der Waals surface area contributed by atoms with Crippen molar-refractivity contribution in [3.05, 3.63) is 77.6 Å². The van der Waals surface area contributed by atoms with E-state index in [2.05, 4.69) is 16.0 Å². The molecule has 1 aromatic heterocycles. The molecule has 0 aliphatic carbocycles. The van der Waals surface area contributed by atoms with Crippen LogP contribution in [0.1, 0.15) is 11.1 Å². The van der Waals surface area contributed by atoms with Gasteiger partial charge < -0.3 is 14.5 Å². The van der Waals surface area contributed by atoms with Crippen LogP contribution in [0, 0.1) is 17.1 Å². The summed E-state index contributed by atoms with van der Waals surface area (Å²) in [6.07, 6.45) is 0. The number of nitrogens with one attached hydrogen (secondary N) is 1. The lowest BCUT2D eigenvalue weighted by atomic mass is 10.1. The molecule has 0 bridgehead atoms. The van der Waals surface area contributed by atoms with Crippen molar-refractivity contribution in [2.75, 3.05) is 7.11 Å². The summed E-state index contributed by atoms with van der Waals surface area (Å²) in [7, 11) is 1.56. The smallest absolute Gasteiger partial charge is 0.161 e. The number of benzene rings is 3. The standard InChI is InChI=1S/C22H16FN3O2/c1-27-21-10-14(22-25-18-8-7-17(23)11-19(18)26-22)6-9-20(21)28-13-16-5-3-2-4-15(16)12-24/h2-11H,13H2,1H3,(H,25,26). The topological polar surface area (TPSA) is 70.9 Å². The van der Waals surface area contributed by atoms with E-state index >= 15 is 0 Å². The molecule has 3 aromatic carbocycles. The van der Waals surface area contributed by atoms with Crippen LogP contribution in [0.5, 0.6) is 11.5 Å². The van der Waals surface area contributed by atoms with E-state index in [1.807, 2.05) is 24.3 Å². The van der Waals surface area contributed by atoms with Gasteiger partial charge in [0.05, 0.1) is 29.8 Å². The Hall–Kier alpha value is -3.85. The van der Waals surface area contributed by atoms with E-state index in [9.17, 15) is 9.65 Å². The van der Waals surface area contributed by atoms with Gasteiger partial charge in [-0.05, 0) is 42.5 Å². The van der Waals surface area contributed by atoms with E-state index < -0.39 is 0 Å². The van der Waals surface area contributed by atoms with Gasteiger partial charge in [-0.15, -0.1) is 0 Å². The summed E-state index contributed by atoms with van der Waals surface area (Å²) < 4.78 is 24.7. The van der Waals surface area contributed by atoms with Gasteiger partial charge in [0.1, 0.15) is 18.2 Å². The summed E-state index contributed by atoms with van der Waals surface area (Å²) in [5, 5.41) is 9.19. The molecule has 4 rings (SSSR count). The molecule has 0 aliphatic rings. The first-order valence-corrected chi connectivity index (χ1v) is 8.62. The highest BCUT2D eigenvalue weighted by Gasteiger charge is 2.12. The number of hydrogen-bond donors (Lipinski definition) is 1. The lowest BCUT2D eigenvalue weighted by Gasteiger charge is -2.12. The molecule has 0 saturated carbocycles. The van der Waals surface area contributed by atoms with E-state index in [1.54, 1.807) is 31.4 Å². The number of imidazole rings is 1. The fourth-order valence-electron chi connectivity index (χ4n) is 2.96. The summed E-state index contributed by atoms with van der Waals surface area (Å²) in [6, 6.07) is 19.3. The van der Waals surface area contributed by atoms with Gasteiger partial charge in [-0.3, -0.25) is 0 Å². The molecular weight excluding hydrogens is 357 g/mol. The fourth-order valence-corrected chi connectivity index (χ4v) is 2.96. The first-order chi connectivity index (χ1) is 13.7. The average molecular weight is 373 g/mol. The second-order valence-corrected chi connectivity index (χ2v) is 6.17. The molecule has 138 valence electrons. The van der Waals surface area contributed by atoms with Crippen LogP contribution in [0.15, 0.2) is 60.7 Å². The second-order valence-electron chi connectivity index (χ2n) is 6.17. The monoisotopic (exact) mass is 373 g/mol. The van der Waals surface area contributed by atoms with Gasteiger partial charge in [-0.25, -0.2) is 9.37 Å². The number of nitrogens with zero attached hydrogens (tertiary/aromatic N) is 2. The van der Waals surface area contributed by atoms with Crippen molar-refractivity contribution in [1.82, 2.24) is 9.97 Å². The Kier molecular flexibility index (Phi) is 4.65. The van der Waals surface area contributed by atoms with Gasteiger partial charge in [0, 0.05) is 11.1 Å². The summed E-state index contributed by atoms with van der Waals surface area (Å²) >= 11 is 0. The molecule has 0 aliphatic heterocycles. The lowest BCUT2D eigenvalue weighted by Crippen LogP contribution is -2.00. The molecule has 6 heteroatoms. The molecule has 1 heterocycles. The third kappa shape index (κ3) is 3.38. The van der Waals surface area contributed by atoms with Gasteiger partial charge in [-0.2, -0.15) is 5.26 Å². The average Bonchev–Trinajstić information content (AvgIpc) is 3.15. The van der Waals surface area contributed by atoms with Crippen LogP contribution >= 0.6 is 0 Å². The predicted octanol–water partition coefficient (Wildman–Crippen LogP) is 4.83. The van der Waals surface area contributed by atoms with Crippen molar-refractivity contribution in [2.45, 2.75) is 6.61 Å². The van der Waals surface area contributed by atoms with Crippen LogP contribution in [-0.4, -0.2) is 17.1 Å². The summed E-state index contributed by atoms with van der Waals surface area (Å²) in [6.45, 7) is 0.253. The number of methoxy groups -OCH3 is 1. The number of aromatic amines is 1. The van der Waals surface area contributed by atoms with Crippen LogP contribution in [0.3, 0.4) is 0 Å². The Balaban J connectivity index is 1.61. The third-order valence-corrected chi connectivity index (χ3v) is 4.40. The van der Waals surface area contributed by atoms with Crippen LogP contribution in [-0.2, 0) is 6.61 Å². The highest BCUT2D eigenvalue weighted by molar-refractivity contribution is 5.79. The quantitative estimate of drug-likeness (QED) is 0.544. The number of hydrogen-bond acceptors (Lipinski definition) is 4. The minimum atomic E-state index is -0.318. The molecule has 0 amide bonds. The SMILES string of the molecule is COc1cc(-c2nc3ccc(F)cc3[nH]2)ccc1OCc1ccccc1C#N. The van der Waals surface area contributed by atoms with Gasteiger partial charge in [-0.1, -0.05) is 18.2 Å². The third-order valence-electron chi connectivity index (χ3n) is 4.40. The van der Waals surface area contributed by atoms with Gasteiger partial charge in [0.2, 0.25) is 0 Å². The van der Waals surface area contributed by atoms with Crippen molar-refractivity contribution in [1.29, 1.82) is 5.26 Å². The van der Waals surface area contributed by atoms with Crippen LogP contribution in [0.25, 0.3) is 22.4 Å². The first kappa shape index (κ1) is 17.6. The maximum Gasteiger partial charge on any atom is 0.161 e. The van der Waals surface area contributed by atoms with Gasteiger partial charge in [0.15, 0.2) is 11.5 Å². The minimum absolute atomic E-state index is 0.253. The molecule has 0 fully saturated rings. The molecule has 0 atom stereocenters. The largest absolute Gasteiger partial charge is 0.493 e. The normalized spacial score (nSPS) is 10.6. The zero-order valence-electron chi connectivity index (χ0n) is 15.1.